The Morgan fingerprint density at radius 3 is 2.43 bits per heavy atom. The van der Waals surface area contributed by atoms with Gasteiger partial charge in [0.15, 0.2) is 0 Å². The van der Waals surface area contributed by atoms with Gasteiger partial charge in [0, 0.05) is 0 Å². The molecule has 0 aliphatic rings. The lowest BCUT2D eigenvalue weighted by Gasteiger charge is -2.11. The smallest absolute Gasteiger partial charge is 0.119 e. The Morgan fingerprint density at radius 2 is 1.86 bits per heavy atom. The Bertz CT molecular complexity index is 276. The van der Waals surface area contributed by atoms with E-state index < -0.39 is 0 Å². The Kier molecular flexibility index (Phi) is 3.99. The third kappa shape index (κ3) is 3.41. The van der Waals surface area contributed by atoms with Crippen molar-refractivity contribution < 1.29 is 4.74 Å². The van der Waals surface area contributed by atoms with Crippen molar-refractivity contribution in [1.29, 1.82) is 0 Å². The van der Waals surface area contributed by atoms with Gasteiger partial charge in [0.25, 0.3) is 0 Å². The summed E-state index contributed by atoms with van der Waals surface area (Å²) in [4.78, 5) is 0. The molecule has 0 heterocycles. The first-order valence-corrected chi connectivity index (χ1v) is 5.32. The quantitative estimate of drug-likeness (QED) is 0.704. The van der Waals surface area contributed by atoms with E-state index in [1.165, 1.54) is 5.56 Å². The van der Waals surface area contributed by atoms with E-state index in [1.807, 2.05) is 6.07 Å². The molecule has 0 N–H and O–H groups in total. The van der Waals surface area contributed by atoms with Crippen LogP contribution < -0.4 is 4.74 Å². The Morgan fingerprint density at radius 1 is 1.14 bits per heavy atom. The molecule has 0 unspecified atom stereocenters. The maximum absolute atomic E-state index is 5.66. The van der Waals surface area contributed by atoms with Gasteiger partial charge in [-0.2, -0.15) is 0 Å². The fourth-order valence-electron chi connectivity index (χ4n) is 1.23. The zero-order valence-electron chi connectivity index (χ0n) is 9.58. The second-order valence-electron chi connectivity index (χ2n) is 4.43. The van der Waals surface area contributed by atoms with E-state index in [0.717, 1.165) is 12.4 Å². The van der Waals surface area contributed by atoms with E-state index >= 15 is 0 Å². The molecular weight excluding hydrogens is 172 g/mol. The van der Waals surface area contributed by atoms with Gasteiger partial charge in [-0.25, -0.2) is 0 Å². The van der Waals surface area contributed by atoms with E-state index in [-0.39, 0.29) is 0 Å². The van der Waals surface area contributed by atoms with E-state index in [0.29, 0.717) is 11.8 Å². The number of ether oxygens (including phenoxy) is 1. The predicted octanol–water partition coefficient (Wildman–Crippen LogP) is 3.84. The molecule has 1 nitrogen and oxygen atoms in total. The van der Waals surface area contributed by atoms with Gasteiger partial charge >= 0.3 is 0 Å². The summed E-state index contributed by atoms with van der Waals surface area (Å²) in [5.41, 5.74) is 1.34. The average Bonchev–Trinajstić information content (AvgIpc) is 2.15. The minimum atomic E-state index is 0.567. The third-order valence-corrected chi connectivity index (χ3v) is 2.11. The first-order chi connectivity index (χ1) is 6.59. The molecule has 1 heteroatoms. The molecular formula is C13H20O. The Hall–Kier alpha value is -0.980. The van der Waals surface area contributed by atoms with E-state index in [9.17, 15) is 0 Å². The van der Waals surface area contributed by atoms with E-state index in [2.05, 4.69) is 45.9 Å². The SMILES string of the molecule is CC(C)COc1cccc(C(C)C)c1. The second-order valence-corrected chi connectivity index (χ2v) is 4.43. The molecule has 78 valence electrons. The molecule has 0 radical (unpaired) electrons. The van der Waals surface area contributed by atoms with Crippen molar-refractivity contribution in [3.63, 3.8) is 0 Å². The molecule has 0 atom stereocenters. The summed E-state index contributed by atoms with van der Waals surface area (Å²) in [6.45, 7) is 9.50. The van der Waals surface area contributed by atoms with Crippen LogP contribution in [0.25, 0.3) is 0 Å². The first kappa shape index (κ1) is 11.1. The highest BCUT2D eigenvalue weighted by molar-refractivity contribution is 5.30. The normalized spacial score (nSPS) is 11.0. The summed E-state index contributed by atoms with van der Waals surface area (Å²) < 4.78 is 5.66. The molecule has 0 fully saturated rings. The van der Waals surface area contributed by atoms with Crippen molar-refractivity contribution in [3.05, 3.63) is 29.8 Å². The van der Waals surface area contributed by atoms with Gasteiger partial charge < -0.3 is 4.74 Å². The zero-order valence-corrected chi connectivity index (χ0v) is 9.58. The highest BCUT2D eigenvalue weighted by Crippen LogP contribution is 2.20. The summed E-state index contributed by atoms with van der Waals surface area (Å²) in [5.74, 6) is 2.14. The average molecular weight is 192 g/mol. The number of rotatable bonds is 4. The van der Waals surface area contributed by atoms with Crippen LogP contribution in [0.3, 0.4) is 0 Å². The maximum Gasteiger partial charge on any atom is 0.119 e. The van der Waals surface area contributed by atoms with Gasteiger partial charge in [0.1, 0.15) is 5.75 Å². The zero-order chi connectivity index (χ0) is 10.6. The molecule has 0 aromatic heterocycles. The van der Waals surface area contributed by atoms with Gasteiger partial charge in [0.05, 0.1) is 6.61 Å². The number of hydrogen-bond donors (Lipinski definition) is 0. The Labute approximate surface area is 87.1 Å². The van der Waals surface area contributed by atoms with Crippen LogP contribution in [-0.4, -0.2) is 6.61 Å². The van der Waals surface area contributed by atoms with Gasteiger partial charge in [-0.1, -0.05) is 39.8 Å². The van der Waals surface area contributed by atoms with Gasteiger partial charge in [0.2, 0.25) is 0 Å². The summed E-state index contributed by atoms with van der Waals surface area (Å²) in [6.07, 6.45) is 0. The van der Waals surface area contributed by atoms with Crippen LogP contribution in [0.4, 0.5) is 0 Å². The summed E-state index contributed by atoms with van der Waals surface area (Å²) in [6, 6.07) is 8.36. The lowest BCUT2D eigenvalue weighted by molar-refractivity contribution is 0.271. The topological polar surface area (TPSA) is 9.23 Å². The van der Waals surface area contributed by atoms with Crippen molar-refractivity contribution in [2.45, 2.75) is 33.6 Å². The predicted molar refractivity (Wildman–Crippen MR) is 60.9 cm³/mol. The summed E-state index contributed by atoms with van der Waals surface area (Å²) >= 11 is 0. The largest absolute Gasteiger partial charge is 0.493 e. The maximum atomic E-state index is 5.66. The monoisotopic (exact) mass is 192 g/mol. The molecule has 0 aliphatic carbocycles. The van der Waals surface area contributed by atoms with Crippen LogP contribution in [0.5, 0.6) is 5.75 Å². The lowest BCUT2D eigenvalue weighted by Crippen LogP contribution is -2.04. The van der Waals surface area contributed by atoms with Crippen molar-refractivity contribution >= 4 is 0 Å². The van der Waals surface area contributed by atoms with Crippen LogP contribution in [-0.2, 0) is 0 Å². The van der Waals surface area contributed by atoms with Crippen molar-refractivity contribution in [2.24, 2.45) is 5.92 Å². The summed E-state index contributed by atoms with van der Waals surface area (Å²) in [7, 11) is 0. The Balaban J connectivity index is 2.64. The fraction of sp³-hybridized carbons (Fsp3) is 0.538. The van der Waals surface area contributed by atoms with E-state index in [1.54, 1.807) is 0 Å². The molecule has 0 bridgehead atoms. The van der Waals surface area contributed by atoms with Crippen LogP contribution in [0.1, 0.15) is 39.2 Å². The standard InChI is InChI=1S/C13H20O/c1-10(2)9-14-13-7-5-6-12(8-13)11(3)4/h5-8,10-11H,9H2,1-4H3. The van der Waals surface area contributed by atoms with Crippen LogP contribution >= 0.6 is 0 Å². The van der Waals surface area contributed by atoms with Crippen molar-refractivity contribution in [3.8, 4) is 5.75 Å². The van der Waals surface area contributed by atoms with E-state index in [4.69, 9.17) is 4.74 Å². The number of hydrogen-bond acceptors (Lipinski definition) is 1. The highest BCUT2D eigenvalue weighted by atomic mass is 16.5. The van der Waals surface area contributed by atoms with Crippen LogP contribution in [0.15, 0.2) is 24.3 Å². The minimum absolute atomic E-state index is 0.567. The lowest BCUT2D eigenvalue weighted by atomic mass is 10.0. The van der Waals surface area contributed by atoms with Gasteiger partial charge in [-0.15, -0.1) is 0 Å². The minimum Gasteiger partial charge on any atom is -0.493 e. The second kappa shape index (κ2) is 5.04. The number of benzene rings is 1. The molecule has 0 spiro atoms. The molecule has 1 rings (SSSR count). The molecule has 14 heavy (non-hydrogen) atoms. The first-order valence-electron chi connectivity index (χ1n) is 5.32. The third-order valence-electron chi connectivity index (χ3n) is 2.11. The molecule has 0 saturated heterocycles. The van der Waals surface area contributed by atoms with Gasteiger partial charge in [-0.05, 0) is 29.5 Å². The summed E-state index contributed by atoms with van der Waals surface area (Å²) in [5, 5.41) is 0. The molecule has 0 amide bonds. The highest BCUT2D eigenvalue weighted by Gasteiger charge is 2.01. The molecule has 1 aromatic rings. The molecule has 0 aliphatic heterocycles. The van der Waals surface area contributed by atoms with Crippen LogP contribution in [0.2, 0.25) is 0 Å². The van der Waals surface area contributed by atoms with Crippen molar-refractivity contribution in [1.82, 2.24) is 0 Å². The fourth-order valence-corrected chi connectivity index (χ4v) is 1.23. The molecule has 1 aromatic carbocycles. The van der Waals surface area contributed by atoms with Crippen LogP contribution in [0, 0.1) is 5.92 Å². The van der Waals surface area contributed by atoms with Gasteiger partial charge in [-0.3, -0.25) is 0 Å². The van der Waals surface area contributed by atoms with Crippen molar-refractivity contribution in [2.75, 3.05) is 6.61 Å². The molecule has 0 saturated carbocycles.